The van der Waals surface area contributed by atoms with Crippen LogP contribution < -0.4 is 5.56 Å². The number of halogens is 4. The number of fused-ring (bicyclic) bond motifs is 1. The first-order valence-corrected chi connectivity index (χ1v) is 7.30. The Kier molecular flexibility index (Phi) is 3.83. The summed E-state index contributed by atoms with van der Waals surface area (Å²) in [6.07, 6.45) is -3.01. The highest BCUT2D eigenvalue weighted by molar-refractivity contribution is 6.29. The summed E-state index contributed by atoms with van der Waals surface area (Å²) >= 11 is 5.89. The van der Waals surface area contributed by atoms with E-state index in [0.29, 0.717) is 11.4 Å². The molecule has 1 aromatic carbocycles. The normalized spacial score (nSPS) is 11.9. The van der Waals surface area contributed by atoms with Crippen molar-refractivity contribution in [3.63, 3.8) is 0 Å². The lowest BCUT2D eigenvalue weighted by molar-refractivity contribution is -0.137. The van der Waals surface area contributed by atoms with Gasteiger partial charge in [0.15, 0.2) is 5.15 Å². The monoisotopic (exact) mass is 353 g/mol. The smallest absolute Gasteiger partial charge is 0.271 e. The zero-order valence-electron chi connectivity index (χ0n) is 12.6. The number of rotatable bonds is 1. The van der Waals surface area contributed by atoms with Crippen molar-refractivity contribution in [2.45, 2.75) is 20.0 Å². The quantitative estimate of drug-likeness (QED) is 0.662. The van der Waals surface area contributed by atoms with Crippen molar-refractivity contribution in [2.75, 3.05) is 0 Å². The molecule has 0 bridgehead atoms. The van der Waals surface area contributed by atoms with Gasteiger partial charge in [0.25, 0.3) is 5.56 Å². The molecule has 8 heteroatoms. The van der Waals surface area contributed by atoms with Crippen molar-refractivity contribution >= 4 is 22.6 Å². The number of hydrogen-bond acceptors (Lipinski definition) is 3. The van der Waals surface area contributed by atoms with Crippen molar-refractivity contribution in [1.82, 2.24) is 14.5 Å². The minimum atomic E-state index is -4.54. The zero-order valence-corrected chi connectivity index (χ0v) is 13.4. The van der Waals surface area contributed by atoms with E-state index in [4.69, 9.17) is 11.6 Å². The molecule has 0 aliphatic carbocycles. The minimum Gasteiger partial charge on any atom is -0.271 e. The number of pyridine rings is 1. The van der Waals surface area contributed by atoms with Gasteiger partial charge in [-0.15, -0.1) is 0 Å². The maximum atomic E-state index is 13.2. The molecule has 0 amide bonds. The minimum absolute atomic E-state index is 0.00618. The highest BCUT2D eigenvalue weighted by Crippen LogP contribution is 2.34. The van der Waals surface area contributed by atoms with Gasteiger partial charge in [-0.1, -0.05) is 11.6 Å². The van der Waals surface area contributed by atoms with E-state index >= 15 is 0 Å². The van der Waals surface area contributed by atoms with E-state index in [1.807, 2.05) is 0 Å². The predicted molar refractivity (Wildman–Crippen MR) is 84.6 cm³/mol. The zero-order chi connectivity index (χ0) is 17.6. The van der Waals surface area contributed by atoms with Crippen LogP contribution in [-0.4, -0.2) is 14.5 Å². The molecule has 124 valence electrons. The third-order valence-electron chi connectivity index (χ3n) is 3.69. The summed E-state index contributed by atoms with van der Waals surface area (Å²) in [6, 6.07) is 5.37. The summed E-state index contributed by atoms with van der Waals surface area (Å²) in [5.41, 5.74) is -0.449. The van der Waals surface area contributed by atoms with E-state index in [2.05, 4.69) is 9.97 Å². The first kappa shape index (κ1) is 16.4. The molecule has 0 radical (unpaired) electrons. The number of hydrogen-bond donors (Lipinski definition) is 0. The predicted octanol–water partition coefficient (Wildman–Crippen LogP) is 4.07. The molecule has 0 spiro atoms. The Morgan fingerprint density at radius 1 is 1.21 bits per heavy atom. The van der Waals surface area contributed by atoms with Crippen LogP contribution in [0.2, 0.25) is 5.15 Å². The number of nitrogens with zero attached hydrogens (tertiary/aromatic N) is 3. The molecular formula is C16H11ClF3N3O. The molecular weight excluding hydrogens is 343 g/mol. The van der Waals surface area contributed by atoms with E-state index in [1.54, 1.807) is 19.1 Å². The van der Waals surface area contributed by atoms with Crippen LogP contribution in [0.25, 0.3) is 16.7 Å². The van der Waals surface area contributed by atoms with Crippen LogP contribution in [0.3, 0.4) is 0 Å². The fourth-order valence-corrected chi connectivity index (χ4v) is 2.74. The van der Waals surface area contributed by atoms with Gasteiger partial charge >= 0.3 is 6.18 Å². The van der Waals surface area contributed by atoms with Crippen LogP contribution in [0.15, 0.2) is 35.3 Å². The van der Waals surface area contributed by atoms with E-state index in [0.717, 1.165) is 10.6 Å². The molecule has 0 saturated heterocycles. The molecule has 0 N–H and O–H groups in total. The van der Waals surface area contributed by atoms with Gasteiger partial charge in [-0.3, -0.25) is 14.3 Å². The van der Waals surface area contributed by atoms with E-state index in [1.165, 1.54) is 19.2 Å². The van der Waals surface area contributed by atoms with Crippen LogP contribution >= 0.6 is 11.6 Å². The maximum Gasteiger partial charge on any atom is 0.416 e. The van der Waals surface area contributed by atoms with Crippen LogP contribution in [0.4, 0.5) is 13.2 Å². The lowest BCUT2D eigenvalue weighted by Crippen LogP contribution is -2.22. The van der Waals surface area contributed by atoms with Gasteiger partial charge in [0.1, 0.15) is 0 Å². The van der Waals surface area contributed by atoms with E-state index in [9.17, 15) is 18.0 Å². The summed E-state index contributed by atoms with van der Waals surface area (Å²) < 4.78 is 40.8. The van der Waals surface area contributed by atoms with Crippen molar-refractivity contribution < 1.29 is 13.2 Å². The van der Waals surface area contributed by atoms with Crippen LogP contribution in [-0.2, 0) is 6.18 Å². The van der Waals surface area contributed by atoms with Crippen LogP contribution in [0.1, 0.15) is 16.8 Å². The van der Waals surface area contributed by atoms with Crippen molar-refractivity contribution in [1.29, 1.82) is 0 Å². The molecule has 24 heavy (non-hydrogen) atoms. The second-order valence-corrected chi connectivity index (χ2v) is 5.66. The SMILES string of the molecule is Cc1cc2nc(Cl)c(=O)n(-c3cccnc3C)c2cc1C(F)(F)F. The maximum absolute atomic E-state index is 13.2. The molecule has 0 atom stereocenters. The Hall–Kier alpha value is -2.41. The fraction of sp³-hybridized carbons (Fsp3) is 0.188. The second-order valence-electron chi connectivity index (χ2n) is 5.30. The van der Waals surface area contributed by atoms with E-state index in [-0.39, 0.29) is 21.7 Å². The van der Waals surface area contributed by atoms with Gasteiger partial charge in [0.05, 0.1) is 28.0 Å². The summed E-state index contributed by atoms with van der Waals surface area (Å²) in [5.74, 6) is 0. The number of alkyl halides is 3. The third-order valence-corrected chi connectivity index (χ3v) is 3.93. The Balaban J connectivity index is 2.50. The van der Waals surface area contributed by atoms with Gasteiger partial charge < -0.3 is 0 Å². The van der Waals surface area contributed by atoms with Gasteiger partial charge in [-0.05, 0) is 43.7 Å². The van der Waals surface area contributed by atoms with Crippen LogP contribution in [0, 0.1) is 13.8 Å². The summed E-state index contributed by atoms with van der Waals surface area (Å²) in [4.78, 5) is 20.4. The molecule has 2 heterocycles. The first-order chi connectivity index (χ1) is 11.2. The topological polar surface area (TPSA) is 47.8 Å². The molecule has 2 aromatic heterocycles. The van der Waals surface area contributed by atoms with Gasteiger partial charge in [-0.2, -0.15) is 13.2 Å². The Morgan fingerprint density at radius 3 is 2.54 bits per heavy atom. The standard InChI is InChI=1S/C16H11ClF3N3O/c1-8-6-11-13(7-10(8)16(18,19)20)23(15(24)14(17)22-11)12-4-3-5-21-9(12)2/h3-7H,1-2H3. The van der Waals surface area contributed by atoms with Crippen molar-refractivity contribution in [3.05, 3.63) is 62.8 Å². The lowest BCUT2D eigenvalue weighted by Gasteiger charge is -2.16. The number of aryl methyl sites for hydroxylation is 2. The molecule has 0 unspecified atom stereocenters. The number of benzene rings is 1. The van der Waals surface area contributed by atoms with Crippen molar-refractivity contribution in [3.8, 4) is 5.69 Å². The Bertz CT molecular complexity index is 1010. The molecule has 0 fully saturated rings. The fourth-order valence-electron chi connectivity index (χ4n) is 2.56. The van der Waals surface area contributed by atoms with E-state index < -0.39 is 17.3 Å². The highest BCUT2D eigenvalue weighted by Gasteiger charge is 2.33. The summed E-state index contributed by atoms with van der Waals surface area (Å²) in [6.45, 7) is 2.99. The Labute approximate surface area is 139 Å². The molecule has 4 nitrogen and oxygen atoms in total. The average molecular weight is 354 g/mol. The molecule has 0 saturated carbocycles. The van der Waals surface area contributed by atoms with Gasteiger partial charge in [0, 0.05) is 6.20 Å². The largest absolute Gasteiger partial charge is 0.416 e. The summed E-state index contributed by atoms with van der Waals surface area (Å²) in [7, 11) is 0. The van der Waals surface area contributed by atoms with Gasteiger partial charge in [-0.25, -0.2) is 4.98 Å². The molecule has 0 aliphatic heterocycles. The molecule has 3 aromatic rings. The highest BCUT2D eigenvalue weighted by atomic mass is 35.5. The molecule has 3 rings (SSSR count). The van der Waals surface area contributed by atoms with Gasteiger partial charge in [0.2, 0.25) is 0 Å². The first-order valence-electron chi connectivity index (χ1n) is 6.92. The third kappa shape index (κ3) is 2.65. The van der Waals surface area contributed by atoms with Crippen molar-refractivity contribution in [2.24, 2.45) is 0 Å². The Morgan fingerprint density at radius 2 is 1.92 bits per heavy atom. The lowest BCUT2D eigenvalue weighted by atomic mass is 10.1. The second kappa shape index (κ2) is 5.59. The van der Waals surface area contributed by atoms with Crippen LogP contribution in [0.5, 0.6) is 0 Å². The molecule has 0 aliphatic rings. The average Bonchev–Trinajstić information content (AvgIpc) is 2.48. The number of aromatic nitrogens is 3. The summed E-state index contributed by atoms with van der Waals surface area (Å²) in [5, 5.41) is -0.315.